The smallest absolute Gasteiger partial charge is 0.434 e. The molecule has 2 saturated carbocycles. The first kappa shape index (κ1) is 31.9. The van der Waals surface area contributed by atoms with Crippen molar-refractivity contribution in [3.8, 4) is 0 Å². The first-order valence-corrected chi connectivity index (χ1v) is 15.6. The minimum atomic E-state index is -3.60. The molecule has 2 aliphatic rings. The summed E-state index contributed by atoms with van der Waals surface area (Å²) >= 11 is 0. The molecule has 11 heteroatoms. The lowest BCUT2D eigenvalue weighted by atomic mass is 9.98. The molecular formula is C26H48NO9P. The van der Waals surface area contributed by atoms with Gasteiger partial charge in [-0.3, -0.25) is 9.05 Å². The molecular weight excluding hydrogens is 501 g/mol. The quantitative estimate of drug-likeness (QED) is 0.126. The van der Waals surface area contributed by atoms with E-state index in [4.69, 9.17) is 28.0 Å². The van der Waals surface area contributed by atoms with Crippen molar-refractivity contribution in [2.45, 2.75) is 110 Å². The maximum Gasteiger partial charge on any atom is 0.508 e. The Balaban J connectivity index is 1.69. The van der Waals surface area contributed by atoms with E-state index >= 15 is 0 Å². The Hall–Kier alpha value is -1.35. The van der Waals surface area contributed by atoms with Crippen LogP contribution in [0.15, 0.2) is 0 Å². The zero-order chi connectivity index (χ0) is 26.9. The molecule has 0 aliphatic heterocycles. The maximum absolute atomic E-state index is 13.3. The summed E-state index contributed by atoms with van der Waals surface area (Å²) in [6.45, 7) is 6.51. The molecule has 0 heterocycles. The van der Waals surface area contributed by atoms with Gasteiger partial charge in [0.1, 0.15) is 12.2 Å². The summed E-state index contributed by atoms with van der Waals surface area (Å²) in [5, 5.41) is 2.89. The average Bonchev–Trinajstić information content (AvgIpc) is 2.90. The molecule has 0 bridgehead atoms. The molecule has 2 fully saturated rings. The minimum absolute atomic E-state index is 0.0655. The first-order chi connectivity index (χ1) is 17.8. The number of rotatable bonds is 16. The summed E-state index contributed by atoms with van der Waals surface area (Å²) in [4.78, 5) is 23.9. The van der Waals surface area contributed by atoms with Gasteiger partial charge in [-0.05, 0) is 57.8 Å². The molecule has 0 saturated heterocycles. The van der Waals surface area contributed by atoms with Gasteiger partial charge in [-0.25, -0.2) is 19.2 Å². The molecule has 1 N–H and O–H groups in total. The van der Waals surface area contributed by atoms with Crippen LogP contribution in [-0.4, -0.2) is 57.5 Å². The molecule has 0 spiro atoms. The second kappa shape index (κ2) is 18.0. The van der Waals surface area contributed by atoms with Crippen LogP contribution in [0.3, 0.4) is 0 Å². The fraction of sp³-hybridized carbons (Fsp3) is 0.923. The first-order valence-electron chi connectivity index (χ1n) is 14.1. The van der Waals surface area contributed by atoms with Crippen molar-refractivity contribution in [3.63, 3.8) is 0 Å². The number of carbonyl (C=O) groups excluding carboxylic acids is 2. The lowest BCUT2D eigenvalue weighted by Crippen LogP contribution is -2.25. The Morgan fingerprint density at radius 1 is 0.757 bits per heavy atom. The van der Waals surface area contributed by atoms with E-state index < -0.39 is 20.1 Å². The molecule has 0 aromatic carbocycles. The maximum atomic E-state index is 13.3. The summed E-state index contributed by atoms with van der Waals surface area (Å²) in [5.74, 6) is -0.418. The van der Waals surface area contributed by atoms with Gasteiger partial charge in [0.25, 0.3) is 0 Å². The zero-order valence-electron chi connectivity index (χ0n) is 23.0. The SMILES string of the molecule is CCCCNP(=O)(OCC(C)COC(=O)OC1CCCCC1)OCC(C)COC(=O)OC1CCCCC1. The Bertz CT molecular complexity index is 646. The molecule has 0 aromatic rings. The lowest BCUT2D eigenvalue weighted by Gasteiger charge is -2.24. The van der Waals surface area contributed by atoms with Crippen molar-refractivity contribution in [1.29, 1.82) is 0 Å². The number of hydrogen-bond donors (Lipinski definition) is 1. The number of unbranched alkanes of at least 4 members (excludes halogenated alkanes) is 1. The van der Waals surface area contributed by atoms with Crippen molar-refractivity contribution in [2.24, 2.45) is 11.8 Å². The van der Waals surface area contributed by atoms with Crippen molar-refractivity contribution >= 4 is 20.1 Å². The van der Waals surface area contributed by atoms with E-state index in [2.05, 4.69) is 5.09 Å². The van der Waals surface area contributed by atoms with Crippen LogP contribution in [0.5, 0.6) is 0 Å². The van der Waals surface area contributed by atoms with Gasteiger partial charge in [0.2, 0.25) is 0 Å². The van der Waals surface area contributed by atoms with Gasteiger partial charge in [0, 0.05) is 18.4 Å². The summed E-state index contributed by atoms with van der Waals surface area (Å²) in [6, 6.07) is 0. The Morgan fingerprint density at radius 2 is 1.19 bits per heavy atom. The standard InChI is InChI=1S/C26H48NO9P/c1-4-5-16-27-37(30,33-19-21(2)17-31-25(28)35-23-12-8-6-9-13-23)34-20-22(3)18-32-26(29)36-24-14-10-7-11-15-24/h21-24H,4-20H2,1-3H3,(H,27,30). The largest absolute Gasteiger partial charge is 0.508 e. The predicted octanol–water partition coefficient (Wildman–Crippen LogP) is 6.76. The van der Waals surface area contributed by atoms with Crippen molar-refractivity contribution < 1.29 is 42.1 Å². The summed E-state index contributed by atoms with van der Waals surface area (Å²) in [5.41, 5.74) is 0. The van der Waals surface area contributed by atoms with Crippen molar-refractivity contribution in [3.05, 3.63) is 0 Å². The highest BCUT2D eigenvalue weighted by molar-refractivity contribution is 7.51. The van der Waals surface area contributed by atoms with Crippen LogP contribution in [0.4, 0.5) is 9.59 Å². The fourth-order valence-electron chi connectivity index (χ4n) is 4.20. The second-order valence-electron chi connectivity index (χ2n) is 10.4. The third-order valence-corrected chi connectivity index (χ3v) is 8.08. The average molecular weight is 550 g/mol. The molecule has 2 atom stereocenters. The van der Waals surface area contributed by atoms with E-state index in [0.717, 1.165) is 64.2 Å². The zero-order valence-corrected chi connectivity index (χ0v) is 23.8. The molecule has 2 aliphatic carbocycles. The molecule has 2 unspecified atom stereocenters. The highest BCUT2D eigenvalue weighted by atomic mass is 31.2. The topological polar surface area (TPSA) is 119 Å². The Labute approximate surface area is 222 Å². The van der Waals surface area contributed by atoms with Gasteiger partial charge < -0.3 is 18.9 Å². The van der Waals surface area contributed by atoms with Crippen LogP contribution in [0.2, 0.25) is 0 Å². The molecule has 0 aromatic heterocycles. The third kappa shape index (κ3) is 14.4. The number of carbonyl (C=O) groups is 2. The molecule has 216 valence electrons. The monoisotopic (exact) mass is 549 g/mol. The van der Waals surface area contributed by atoms with Gasteiger partial charge in [-0.15, -0.1) is 0 Å². The van der Waals surface area contributed by atoms with Crippen molar-refractivity contribution in [2.75, 3.05) is 33.0 Å². The summed E-state index contributed by atoms with van der Waals surface area (Å²) in [7, 11) is -3.60. The minimum Gasteiger partial charge on any atom is -0.434 e. The van der Waals surface area contributed by atoms with Crippen molar-refractivity contribution in [1.82, 2.24) is 5.09 Å². The number of hydrogen-bond acceptors (Lipinski definition) is 9. The fourth-order valence-corrected chi connectivity index (χ4v) is 5.79. The molecule has 0 amide bonds. The van der Waals surface area contributed by atoms with Crippen LogP contribution in [-0.2, 0) is 32.6 Å². The lowest BCUT2D eigenvalue weighted by molar-refractivity contribution is 0.000884. The van der Waals surface area contributed by atoms with Crippen LogP contribution >= 0.6 is 7.75 Å². The molecule has 0 radical (unpaired) electrons. The van der Waals surface area contributed by atoms with Crippen LogP contribution in [0, 0.1) is 11.8 Å². The van der Waals surface area contributed by atoms with Gasteiger partial charge in [-0.1, -0.05) is 40.0 Å². The van der Waals surface area contributed by atoms with E-state index in [1.807, 2.05) is 20.8 Å². The molecule has 2 rings (SSSR count). The van der Waals surface area contributed by atoms with Crippen LogP contribution < -0.4 is 5.09 Å². The normalized spacial score (nSPS) is 20.4. The molecule has 37 heavy (non-hydrogen) atoms. The summed E-state index contributed by atoms with van der Waals surface area (Å²) < 4.78 is 45.8. The number of ether oxygens (including phenoxy) is 4. The molecule has 10 nitrogen and oxygen atoms in total. The highest BCUT2D eigenvalue weighted by Crippen LogP contribution is 2.44. The van der Waals surface area contributed by atoms with E-state index in [0.29, 0.717) is 6.54 Å². The van der Waals surface area contributed by atoms with E-state index in [-0.39, 0.29) is 50.5 Å². The second-order valence-corrected chi connectivity index (χ2v) is 12.3. The van der Waals surface area contributed by atoms with Crippen LogP contribution in [0.1, 0.15) is 97.8 Å². The van der Waals surface area contributed by atoms with E-state index in [9.17, 15) is 14.2 Å². The number of nitrogens with one attached hydrogen (secondary N) is 1. The van der Waals surface area contributed by atoms with Gasteiger partial charge in [0.15, 0.2) is 0 Å². The van der Waals surface area contributed by atoms with E-state index in [1.54, 1.807) is 0 Å². The predicted molar refractivity (Wildman–Crippen MR) is 139 cm³/mol. The van der Waals surface area contributed by atoms with Gasteiger partial charge >= 0.3 is 20.1 Å². The Morgan fingerprint density at radius 3 is 1.59 bits per heavy atom. The van der Waals surface area contributed by atoms with Gasteiger partial charge in [0.05, 0.1) is 26.4 Å². The highest BCUT2D eigenvalue weighted by Gasteiger charge is 2.27. The summed E-state index contributed by atoms with van der Waals surface area (Å²) in [6.07, 6.45) is 10.4. The van der Waals surface area contributed by atoms with Gasteiger partial charge in [-0.2, -0.15) is 0 Å². The van der Waals surface area contributed by atoms with Crippen LogP contribution in [0.25, 0.3) is 0 Å². The van der Waals surface area contributed by atoms with E-state index in [1.165, 1.54) is 12.8 Å². The Kier molecular flexibility index (Phi) is 15.5. The third-order valence-electron chi connectivity index (χ3n) is 6.50.